The number of primary amides is 1. The quantitative estimate of drug-likeness (QED) is 0.478. The summed E-state index contributed by atoms with van der Waals surface area (Å²) in [5, 5.41) is 1.21. The number of nitrogens with zero attached hydrogens (tertiary/aromatic N) is 1. The van der Waals surface area contributed by atoms with E-state index in [1.807, 2.05) is 0 Å². The number of rotatable bonds is 3. The number of hydrogen-bond acceptors (Lipinski definition) is 3. The number of para-hydroxylation sites is 1. The highest BCUT2D eigenvalue weighted by Crippen LogP contribution is 2.32. The molecule has 0 atom stereocenters. The van der Waals surface area contributed by atoms with E-state index in [0.717, 1.165) is 10.0 Å². The Morgan fingerprint density at radius 1 is 1.07 bits per heavy atom. The fourth-order valence-corrected chi connectivity index (χ4v) is 3.83. The molecule has 0 saturated carbocycles. The summed E-state index contributed by atoms with van der Waals surface area (Å²) in [5.74, 6) is -0.324. The zero-order valence-corrected chi connectivity index (χ0v) is 16.1. The monoisotopic (exact) mass is 442 g/mol. The molecule has 0 saturated heterocycles. The molecule has 0 unspecified atom stereocenters. The Labute approximate surface area is 167 Å². The van der Waals surface area contributed by atoms with E-state index < -0.39 is 11.8 Å². The van der Waals surface area contributed by atoms with Gasteiger partial charge in [-0.05, 0) is 52.3 Å². The maximum Gasteiger partial charge on any atom is 0.298 e. The number of halogens is 2. The summed E-state index contributed by atoms with van der Waals surface area (Å²) in [6.07, 6.45) is 1.44. The molecular formula is C20H12BrClN2O3. The Balaban J connectivity index is 1.78. The summed E-state index contributed by atoms with van der Waals surface area (Å²) in [6, 6.07) is 15.7. The van der Waals surface area contributed by atoms with Crippen LogP contribution in [-0.2, 0) is 0 Å². The summed E-state index contributed by atoms with van der Waals surface area (Å²) in [5.41, 5.74) is 7.08. The third-order valence-electron chi connectivity index (χ3n) is 4.21. The number of nitrogens with two attached hydrogens (primary N) is 1. The second-order valence-electron chi connectivity index (χ2n) is 5.89. The molecule has 4 rings (SSSR count). The van der Waals surface area contributed by atoms with Crippen molar-refractivity contribution in [2.45, 2.75) is 0 Å². The van der Waals surface area contributed by atoms with E-state index >= 15 is 0 Å². The zero-order chi connectivity index (χ0) is 19.1. The first kappa shape index (κ1) is 17.6. The lowest BCUT2D eigenvalue weighted by molar-refractivity contribution is 0.0938. The number of carbonyl (C=O) groups excluding carboxylic acids is 2. The Morgan fingerprint density at radius 2 is 1.85 bits per heavy atom. The van der Waals surface area contributed by atoms with Gasteiger partial charge < -0.3 is 10.2 Å². The van der Waals surface area contributed by atoms with Gasteiger partial charge in [-0.1, -0.05) is 29.8 Å². The van der Waals surface area contributed by atoms with Crippen molar-refractivity contribution in [1.82, 2.24) is 4.57 Å². The van der Waals surface area contributed by atoms with Gasteiger partial charge in [-0.25, -0.2) is 0 Å². The molecule has 27 heavy (non-hydrogen) atoms. The van der Waals surface area contributed by atoms with Crippen LogP contribution < -0.4 is 5.73 Å². The first-order valence-corrected chi connectivity index (χ1v) is 9.12. The Kier molecular flexibility index (Phi) is 4.37. The summed E-state index contributed by atoms with van der Waals surface area (Å²) < 4.78 is 7.89. The summed E-state index contributed by atoms with van der Waals surface area (Å²) >= 11 is 9.41. The predicted octanol–water partition coefficient (Wildman–Crippen LogP) is 5.10. The van der Waals surface area contributed by atoms with Gasteiger partial charge in [0.25, 0.3) is 11.8 Å². The van der Waals surface area contributed by atoms with Crippen LogP contribution in [-0.4, -0.2) is 16.4 Å². The van der Waals surface area contributed by atoms with Crippen molar-refractivity contribution >= 4 is 50.2 Å². The van der Waals surface area contributed by atoms with Crippen molar-refractivity contribution in [2.75, 3.05) is 0 Å². The molecule has 5 nitrogen and oxygen atoms in total. The van der Waals surface area contributed by atoms with Crippen molar-refractivity contribution in [3.05, 3.63) is 81.6 Å². The molecule has 0 aliphatic heterocycles. The Morgan fingerprint density at radius 3 is 2.59 bits per heavy atom. The number of benzene rings is 2. The van der Waals surface area contributed by atoms with E-state index in [2.05, 4.69) is 15.9 Å². The van der Waals surface area contributed by atoms with Crippen LogP contribution >= 0.6 is 27.5 Å². The molecule has 0 spiro atoms. The second-order valence-corrected chi connectivity index (χ2v) is 7.18. The van der Waals surface area contributed by atoms with Gasteiger partial charge in [-0.15, -0.1) is 0 Å². The lowest BCUT2D eigenvalue weighted by Gasteiger charge is -2.03. The summed E-state index contributed by atoms with van der Waals surface area (Å²) in [4.78, 5) is 24.7. The molecule has 7 heteroatoms. The third-order valence-corrected chi connectivity index (χ3v) is 5.10. The number of furan rings is 1. The molecule has 0 radical (unpaired) electrons. The van der Waals surface area contributed by atoms with Gasteiger partial charge in [0.05, 0.1) is 11.1 Å². The van der Waals surface area contributed by atoms with Crippen molar-refractivity contribution in [2.24, 2.45) is 5.73 Å². The van der Waals surface area contributed by atoms with E-state index in [-0.39, 0.29) is 11.3 Å². The van der Waals surface area contributed by atoms with E-state index in [1.54, 1.807) is 54.6 Å². The molecule has 2 aromatic carbocycles. The molecule has 4 aromatic rings. The highest BCUT2D eigenvalue weighted by molar-refractivity contribution is 9.10. The van der Waals surface area contributed by atoms with Gasteiger partial charge in [-0.2, -0.15) is 0 Å². The molecular weight excluding hydrogens is 432 g/mol. The van der Waals surface area contributed by atoms with Crippen molar-refractivity contribution < 1.29 is 14.0 Å². The maximum atomic E-state index is 13.0. The lowest BCUT2D eigenvalue weighted by Crippen LogP contribution is -2.12. The molecule has 2 N–H and O–H groups in total. The Bertz CT molecular complexity index is 1210. The van der Waals surface area contributed by atoms with Crippen LogP contribution in [0.3, 0.4) is 0 Å². The minimum atomic E-state index is -0.594. The van der Waals surface area contributed by atoms with Gasteiger partial charge in [0.15, 0.2) is 5.76 Å². The second kappa shape index (κ2) is 6.72. The van der Waals surface area contributed by atoms with Crippen LogP contribution in [0, 0.1) is 0 Å². The van der Waals surface area contributed by atoms with Crippen molar-refractivity contribution in [1.29, 1.82) is 0 Å². The molecule has 1 amide bonds. The van der Waals surface area contributed by atoms with E-state index in [9.17, 15) is 9.59 Å². The van der Waals surface area contributed by atoms with Crippen LogP contribution in [0.2, 0.25) is 5.02 Å². The number of aromatic nitrogens is 1. The van der Waals surface area contributed by atoms with Gasteiger partial charge in [-0.3, -0.25) is 14.2 Å². The highest BCUT2D eigenvalue weighted by Gasteiger charge is 2.20. The fraction of sp³-hybridized carbons (Fsp3) is 0. The van der Waals surface area contributed by atoms with Crippen LogP contribution in [0.25, 0.3) is 22.2 Å². The third kappa shape index (κ3) is 3.07. The molecule has 0 fully saturated rings. The van der Waals surface area contributed by atoms with Crippen molar-refractivity contribution in [3.8, 4) is 11.3 Å². The lowest BCUT2D eigenvalue weighted by atomic mass is 10.2. The van der Waals surface area contributed by atoms with Crippen LogP contribution in [0.5, 0.6) is 0 Å². The number of carbonyl (C=O) groups is 2. The number of fused-ring (bicyclic) bond motifs is 1. The topological polar surface area (TPSA) is 78.2 Å². The van der Waals surface area contributed by atoms with Gasteiger partial charge in [0.2, 0.25) is 0 Å². The first-order valence-electron chi connectivity index (χ1n) is 7.95. The van der Waals surface area contributed by atoms with Crippen LogP contribution in [0.4, 0.5) is 0 Å². The van der Waals surface area contributed by atoms with Gasteiger partial charge in [0, 0.05) is 26.6 Å². The Hall–Kier alpha value is -2.83. The largest absolute Gasteiger partial charge is 0.451 e. The maximum absolute atomic E-state index is 13.0. The summed E-state index contributed by atoms with van der Waals surface area (Å²) in [6.45, 7) is 0. The van der Waals surface area contributed by atoms with Gasteiger partial charge >= 0.3 is 0 Å². The van der Waals surface area contributed by atoms with Crippen molar-refractivity contribution in [3.63, 3.8) is 0 Å². The molecule has 0 aliphatic carbocycles. The van der Waals surface area contributed by atoms with Gasteiger partial charge in [0.1, 0.15) is 5.76 Å². The minimum Gasteiger partial charge on any atom is -0.451 e. The standard InChI is InChI=1S/C20H12BrClN2O3/c21-15-9-11(22)5-6-13(15)17-7-8-18(27-17)20(26)24-10-14(19(23)25)12-3-1-2-4-16(12)24/h1-10H,(H2,23,25). The van der Waals surface area contributed by atoms with Crippen LogP contribution in [0.15, 0.2) is 69.7 Å². The molecule has 2 aromatic heterocycles. The summed E-state index contributed by atoms with van der Waals surface area (Å²) in [7, 11) is 0. The zero-order valence-electron chi connectivity index (χ0n) is 13.8. The normalized spacial score (nSPS) is 11.0. The van der Waals surface area contributed by atoms with E-state index in [0.29, 0.717) is 21.7 Å². The van der Waals surface area contributed by atoms with Crippen LogP contribution in [0.1, 0.15) is 20.9 Å². The van der Waals surface area contributed by atoms with E-state index in [4.69, 9.17) is 21.8 Å². The average Bonchev–Trinajstić information content (AvgIpc) is 3.26. The minimum absolute atomic E-state index is 0.142. The first-order chi connectivity index (χ1) is 13.0. The molecule has 0 bridgehead atoms. The highest BCUT2D eigenvalue weighted by atomic mass is 79.9. The van der Waals surface area contributed by atoms with E-state index in [1.165, 1.54) is 10.8 Å². The number of amides is 1. The average molecular weight is 444 g/mol. The predicted molar refractivity (Wildman–Crippen MR) is 107 cm³/mol. The SMILES string of the molecule is NC(=O)c1cn(C(=O)c2ccc(-c3ccc(Cl)cc3Br)o2)c2ccccc12. The molecule has 134 valence electrons. The fourth-order valence-electron chi connectivity index (χ4n) is 2.95. The smallest absolute Gasteiger partial charge is 0.298 e. The molecule has 0 aliphatic rings. The molecule has 2 heterocycles. The number of hydrogen-bond donors (Lipinski definition) is 1.